The lowest BCUT2D eigenvalue weighted by molar-refractivity contribution is 0.0834. The molecular weight excluding hydrogens is 186 g/mol. The molecule has 0 aromatic heterocycles. The van der Waals surface area contributed by atoms with Gasteiger partial charge in [0.1, 0.15) is 0 Å². The van der Waals surface area contributed by atoms with Gasteiger partial charge >= 0.3 is 0 Å². The molecule has 1 aliphatic carbocycles. The highest BCUT2D eigenvalue weighted by Crippen LogP contribution is 2.23. The Balaban J connectivity index is 2.30. The van der Waals surface area contributed by atoms with Gasteiger partial charge in [-0.15, -0.1) is 0 Å². The molecule has 4 atom stereocenters. The first kappa shape index (κ1) is 13.0. The van der Waals surface area contributed by atoms with Crippen molar-refractivity contribution in [3.63, 3.8) is 0 Å². The zero-order chi connectivity index (χ0) is 11.3. The van der Waals surface area contributed by atoms with Crippen LogP contribution in [0.15, 0.2) is 0 Å². The van der Waals surface area contributed by atoms with E-state index in [-0.39, 0.29) is 0 Å². The smallest absolute Gasteiger partial charge is 0.0693 e. The predicted molar refractivity (Wildman–Crippen MR) is 65.1 cm³/mol. The Kier molecular flexibility index (Phi) is 5.62. The van der Waals surface area contributed by atoms with E-state index in [1.807, 2.05) is 0 Å². The maximum Gasteiger partial charge on any atom is 0.0693 e. The zero-order valence-electron chi connectivity index (χ0n) is 10.8. The second kappa shape index (κ2) is 6.49. The van der Waals surface area contributed by atoms with E-state index in [1.54, 1.807) is 7.11 Å². The van der Waals surface area contributed by atoms with Crippen LogP contribution in [-0.4, -0.2) is 25.3 Å². The van der Waals surface area contributed by atoms with E-state index in [0.717, 1.165) is 5.92 Å². The Hall–Kier alpha value is -0.0800. The molecule has 1 N–H and O–H groups in total. The van der Waals surface area contributed by atoms with Crippen LogP contribution in [0.1, 0.15) is 52.9 Å². The van der Waals surface area contributed by atoms with Gasteiger partial charge in [-0.25, -0.2) is 0 Å². The summed E-state index contributed by atoms with van der Waals surface area (Å²) < 4.78 is 5.34. The topological polar surface area (TPSA) is 21.3 Å². The summed E-state index contributed by atoms with van der Waals surface area (Å²) >= 11 is 0. The fraction of sp³-hybridized carbons (Fsp3) is 1.00. The molecule has 2 nitrogen and oxygen atoms in total. The van der Waals surface area contributed by atoms with Crippen molar-refractivity contribution in [2.75, 3.05) is 7.11 Å². The summed E-state index contributed by atoms with van der Waals surface area (Å²) in [5.74, 6) is 0.923. The number of methoxy groups -OCH3 is 1. The van der Waals surface area contributed by atoms with E-state index in [2.05, 4.69) is 26.1 Å². The SMILES string of the molecule is COC(C)C(C)NC1CCCC(C)CC1. The van der Waals surface area contributed by atoms with Gasteiger partial charge in [0.2, 0.25) is 0 Å². The van der Waals surface area contributed by atoms with Gasteiger partial charge < -0.3 is 10.1 Å². The summed E-state index contributed by atoms with van der Waals surface area (Å²) in [4.78, 5) is 0. The highest BCUT2D eigenvalue weighted by Gasteiger charge is 2.19. The number of nitrogens with one attached hydrogen (secondary N) is 1. The normalized spacial score (nSPS) is 32.0. The lowest BCUT2D eigenvalue weighted by Crippen LogP contribution is -2.43. The van der Waals surface area contributed by atoms with Crippen molar-refractivity contribution < 1.29 is 4.74 Å². The first-order valence-corrected chi connectivity index (χ1v) is 6.42. The molecule has 0 bridgehead atoms. The number of hydrogen-bond acceptors (Lipinski definition) is 2. The van der Waals surface area contributed by atoms with Crippen LogP contribution < -0.4 is 5.32 Å². The molecule has 15 heavy (non-hydrogen) atoms. The van der Waals surface area contributed by atoms with Crippen molar-refractivity contribution in [1.82, 2.24) is 5.32 Å². The van der Waals surface area contributed by atoms with Gasteiger partial charge in [-0.1, -0.05) is 19.8 Å². The molecule has 1 aliphatic rings. The van der Waals surface area contributed by atoms with E-state index in [0.29, 0.717) is 18.2 Å². The molecule has 0 heterocycles. The van der Waals surface area contributed by atoms with E-state index >= 15 is 0 Å². The molecule has 0 radical (unpaired) electrons. The van der Waals surface area contributed by atoms with Gasteiger partial charge in [0.15, 0.2) is 0 Å². The third kappa shape index (κ3) is 4.52. The third-order valence-electron chi connectivity index (χ3n) is 3.83. The molecule has 90 valence electrons. The number of ether oxygens (including phenoxy) is 1. The Morgan fingerprint density at radius 1 is 1.13 bits per heavy atom. The monoisotopic (exact) mass is 213 g/mol. The Labute approximate surface area is 94.8 Å². The first-order chi connectivity index (χ1) is 7.13. The highest BCUT2D eigenvalue weighted by atomic mass is 16.5. The molecule has 0 aromatic rings. The lowest BCUT2D eigenvalue weighted by Gasteiger charge is -2.25. The molecule has 4 unspecified atom stereocenters. The van der Waals surface area contributed by atoms with Crippen LogP contribution in [0.4, 0.5) is 0 Å². The quantitative estimate of drug-likeness (QED) is 0.725. The number of hydrogen-bond donors (Lipinski definition) is 1. The standard InChI is InChI=1S/C13H27NO/c1-10-6-5-7-13(9-8-10)14-11(2)12(3)15-4/h10-14H,5-9H2,1-4H3. The molecule has 2 heteroatoms. The van der Waals surface area contributed by atoms with Gasteiger partial charge in [0.05, 0.1) is 6.10 Å². The van der Waals surface area contributed by atoms with Crippen molar-refractivity contribution in [2.24, 2.45) is 5.92 Å². The average molecular weight is 213 g/mol. The second-order valence-corrected chi connectivity index (χ2v) is 5.21. The van der Waals surface area contributed by atoms with Crippen molar-refractivity contribution in [2.45, 2.75) is 71.1 Å². The molecule has 0 aromatic carbocycles. The fourth-order valence-electron chi connectivity index (χ4n) is 2.37. The van der Waals surface area contributed by atoms with E-state index in [4.69, 9.17) is 4.74 Å². The molecule has 1 fully saturated rings. The summed E-state index contributed by atoms with van der Waals surface area (Å²) in [5.41, 5.74) is 0. The second-order valence-electron chi connectivity index (χ2n) is 5.21. The summed E-state index contributed by atoms with van der Waals surface area (Å²) in [5, 5.41) is 3.71. The molecule has 1 rings (SSSR count). The molecule has 0 aliphatic heterocycles. The van der Waals surface area contributed by atoms with Crippen LogP contribution in [-0.2, 0) is 4.74 Å². The molecular formula is C13H27NO. The van der Waals surface area contributed by atoms with Gasteiger partial charge in [0, 0.05) is 19.2 Å². The van der Waals surface area contributed by atoms with Crippen molar-refractivity contribution in [3.8, 4) is 0 Å². The largest absolute Gasteiger partial charge is 0.380 e. The zero-order valence-corrected chi connectivity index (χ0v) is 10.8. The summed E-state index contributed by atoms with van der Waals surface area (Å²) in [6.07, 6.45) is 7.16. The van der Waals surface area contributed by atoms with Gasteiger partial charge in [0.25, 0.3) is 0 Å². The summed E-state index contributed by atoms with van der Waals surface area (Å²) in [7, 11) is 1.79. The Morgan fingerprint density at radius 2 is 1.87 bits per heavy atom. The Morgan fingerprint density at radius 3 is 2.53 bits per heavy atom. The van der Waals surface area contributed by atoms with Gasteiger partial charge in [-0.3, -0.25) is 0 Å². The highest BCUT2D eigenvalue weighted by molar-refractivity contribution is 4.78. The summed E-state index contributed by atoms with van der Waals surface area (Å²) in [6, 6.07) is 1.18. The van der Waals surface area contributed by atoms with Crippen LogP contribution in [0, 0.1) is 5.92 Å². The fourth-order valence-corrected chi connectivity index (χ4v) is 2.37. The van der Waals surface area contributed by atoms with Crippen molar-refractivity contribution >= 4 is 0 Å². The maximum absolute atomic E-state index is 5.34. The van der Waals surface area contributed by atoms with Crippen LogP contribution in [0.2, 0.25) is 0 Å². The first-order valence-electron chi connectivity index (χ1n) is 6.42. The van der Waals surface area contributed by atoms with Gasteiger partial charge in [-0.2, -0.15) is 0 Å². The predicted octanol–water partition coefficient (Wildman–Crippen LogP) is 2.97. The van der Waals surface area contributed by atoms with Crippen LogP contribution in [0.5, 0.6) is 0 Å². The Bertz CT molecular complexity index is 172. The molecule has 0 amide bonds. The van der Waals surface area contributed by atoms with E-state index < -0.39 is 0 Å². The molecule has 1 saturated carbocycles. The minimum Gasteiger partial charge on any atom is -0.380 e. The van der Waals surface area contributed by atoms with Crippen LogP contribution >= 0.6 is 0 Å². The maximum atomic E-state index is 5.34. The van der Waals surface area contributed by atoms with E-state index in [1.165, 1.54) is 32.1 Å². The van der Waals surface area contributed by atoms with Crippen LogP contribution in [0.3, 0.4) is 0 Å². The van der Waals surface area contributed by atoms with Crippen molar-refractivity contribution in [1.29, 1.82) is 0 Å². The molecule has 0 saturated heterocycles. The van der Waals surface area contributed by atoms with Crippen molar-refractivity contribution in [3.05, 3.63) is 0 Å². The minimum absolute atomic E-state index is 0.311. The summed E-state index contributed by atoms with van der Waals surface area (Å²) in [6.45, 7) is 6.74. The number of rotatable bonds is 4. The average Bonchev–Trinajstić information content (AvgIpc) is 2.42. The lowest BCUT2D eigenvalue weighted by atomic mass is 10.0. The molecule has 0 spiro atoms. The van der Waals surface area contributed by atoms with E-state index in [9.17, 15) is 0 Å². The van der Waals surface area contributed by atoms with Gasteiger partial charge in [-0.05, 0) is 39.0 Å². The third-order valence-corrected chi connectivity index (χ3v) is 3.83. The minimum atomic E-state index is 0.311. The van der Waals surface area contributed by atoms with Crippen LogP contribution in [0.25, 0.3) is 0 Å².